The molecule has 0 saturated carbocycles. The number of hydrogen-bond donors (Lipinski definition) is 3. The number of rotatable bonds is 5. The second kappa shape index (κ2) is 10.6. The normalized spacial score (nSPS) is 17.7. The van der Waals surface area contributed by atoms with Crippen LogP contribution in [0.2, 0.25) is 10.0 Å². The molecule has 1 aliphatic rings. The quantitative estimate of drug-likeness (QED) is 0.427. The smallest absolute Gasteiger partial charge is 0.257 e. The first-order valence-corrected chi connectivity index (χ1v) is 12.1. The molecule has 2 unspecified atom stereocenters. The van der Waals surface area contributed by atoms with Gasteiger partial charge in [-0.2, -0.15) is 0 Å². The topological polar surface area (TPSA) is 86.4 Å². The van der Waals surface area contributed by atoms with Gasteiger partial charge in [0, 0.05) is 41.4 Å². The molecule has 1 aliphatic heterocycles. The summed E-state index contributed by atoms with van der Waals surface area (Å²) in [4.78, 5) is 32.5. The number of nitrogens with zero attached hydrogens (tertiary/aromatic N) is 2. The van der Waals surface area contributed by atoms with Gasteiger partial charge in [0.25, 0.3) is 11.8 Å². The summed E-state index contributed by atoms with van der Waals surface area (Å²) in [6.45, 7) is 7.84. The van der Waals surface area contributed by atoms with E-state index in [0.717, 1.165) is 18.9 Å². The van der Waals surface area contributed by atoms with Gasteiger partial charge in [-0.25, -0.2) is 4.98 Å². The molecule has 1 fully saturated rings. The highest BCUT2D eigenvalue weighted by Crippen LogP contribution is 2.27. The summed E-state index contributed by atoms with van der Waals surface area (Å²) in [5, 5.41) is 9.95. The molecule has 35 heavy (non-hydrogen) atoms. The average Bonchev–Trinajstić information content (AvgIpc) is 2.80. The van der Waals surface area contributed by atoms with Crippen molar-refractivity contribution in [3.63, 3.8) is 0 Å². The Morgan fingerprint density at radius 1 is 0.971 bits per heavy atom. The Labute approximate surface area is 214 Å². The standard InChI is InChI=1S/C26H27Cl2N5O2/c1-15-13-33(14-16(2)29-15)24-10-8-21(17(3)30-24)26(35)31-20-7-9-22(28)23(12-20)32-25(34)18-5-4-6-19(27)11-18/h4-12,15-16,29H,13-14H2,1-3H3,(H,31,35)(H,32,34). The Bertz CT molecular complexity index is 1260. The summed E-state index contributed by atoms with van der Waals surface area (Å²) in [7, 11) is 0. The maximum Gasteiger partial charge on any atom is 0.257 e. The molecule has 2 heterocycles. The van der Waals surface area contributed by atoms with E-state index in [0.29, 0.717) is 50.3 Å². The van der Waals surface area contributed by atoms with E-state index in [2.05, 4.69) is 39.7 Å². The van der Waals surface area contributed by atoms with Crippen LogP contribution in [0.3, 0.4) is 0 Å². The zero-order chi connectivity index (χ0) is 25.1. The molecule has 1 saturated heterocycles. The Balaban J connectivity index is 1.47. The fourth-order valence-corrected chi connectivity index (χ4v) is 4.55. The highest BCUT2D eigenvalue weighted by atomic mass is 35.5. The lowest BCUT2D eigenvalue weighted by molar-refractivity contribution is 0.101. The number of carbonyl (C=O) groups excluding carboxylic acids is 2. The molecule has 0 aliphatic carbocycles. The van der Waals surface area contributed by atoms with Gasteiger partial charge in [0.1, 0.15) is 5.82 Å². The molecule has 1 aromatic heterocycles. The van der Waals surface area contributed by atoms with E-state index in [1.807, 2.05) is 13.0 Å². The van der Waals surface area contributed by atoms with E-state index in [1.54, 1.807) is 48.5 Å². The summed E-state index contributed by atoms with van der Waals surface area (Å²) >= 11 is 12.3. The maximum absolute atomic E-state index is 13.0. The lowest BCUT2D eigenvalue weighted by atomic mass is 10.1. The van der Waals surface area contributed by atoms with Crippen molar-refractivity contribution >= 4 is 52.2 Å². The number of halogens is 2. The number of nitrogens with one attached hydrogen (secondary N) is 3. The first-order chi connectivity index (χ1) is 16.7. The van der Waals surface area contributed by atoms with Crippen molar-refractivity contribution < 1.29 is 9.59 Å². The van der Waals surface area contributed by atoms with Crippen molar-refractivity contribution in [3.05, 3.63) is 81.5 Å². The van der Waals surface area contributed by atoms with Crippen LogP contribution in [0.4, 0.5) is 17.2 Å². The average molecular weight is 512 g/mol. The molecular weight excluding hydrogens is 485 g/mol. The molecule has 0 spiro atoms. The number of carbonyl (C=O) groups is 2. The second-order valence-corrected chi connectivity index (χ2v) is 9.63. The van der Waals surface area contributed by atoms with Crippen molar-refractivity contribution in [2.24, 2.45) is 0 Å². The van der Waals surface area contributed by atoms with Crippen LogP contribution >= 0.6 is 23.2 Å². The third kappa shape index (κ3) is 6.11. The van der Waals surface area contributed by atoms with E-state index in [9.17, 15) is 9.59 Å². The van der Waals surface area contributed by atoms with Gasteiger partial charge in [-0.1, -0.05) is 29.3 Å². The van der Waals surface area contributed by atoms with Crippen molar-refractivity contribution in [2.45, 2.75) is 32.9 Å². The molecule has 9 heteroatoms. The Hall–Kier alpha value is -3.13. The van der Waals surface area contributed by atoms with E-state index >= 15 is 0 Å². The van der Waals surface area contributed by atoms with Crippen LogP contribution in [0.1, 0.15) is 40.3 Å². The van der Waals surface area contributed by atoms with Gasteiger partial charge in [-0.05, 0) is 69.3 Å². The minimum absolute atomic E-state index is 0.293. The number of benzene rings is 2. The predicted molar refractivity (Wildman–Crippen MR) is 142 cm³/mol. The molecule has 3 N–H and O–H groups in total. The number of anilines is 3. The number of aromatic nitrogens is 1. The monoisotopic (exact) mass is 511 g/mol. The van der Waals surface area contributed by atoms with Crippen molar-refractivity contribution in [1.29, 1.82) is 0 Å². The fraction of sp³-hybridized carbons (Fsp3) is 0.269. The Kier molecular flexibility index (Phi) is 7.60. The number of hydrogen-bond acceptors (Lipinski definition) is 5. The molecule has 182 valence electrons. The number of aryl methyl sites for hydroxylation is 1. The van der Waals surface area contributed by atoms with E-state index in [4.69, 9.17) is 23.2 Å². The van der Waals surface area contributed by atoms with Crippen molar-refractivity contribution in [3.8, 4) is 0 Å². The Morgan fingerprint density at radius 3 is 2.40 bits per heavy atom. The van der Waals surface area contributed by atoms with E-state index in [1.165, 1.54) is 0 Å². The first kappa shape index (κ1) is 25.0. The van der Waals surface area contributed by atoms with Gasteiger partial charge in [-0.3, -0.25) is 9.59 Å². The van der Waals surface area contributed by atoms with Gasteiger partial charge in [-0.15, -0.1) is 0 Å². The summed E-state index contributed by atoms with van der Waals surface area (Å²) < 4.78 is 0. The highest BCUT2D eigenvalue weighted by molar-refractivity contribution is 6.34. The summed E-state index contributed by atoms with van der Waals surface area (Å²) in [6, 6.07) is 15.9. The molecule has 2 atom stereocenters. The molecule has 0 bridgehead atoms. The zero-order valence-corrected chi connectivity index (χ0v) is 21.2. The highest BCUT2D eigenvalue weighted by Gasteiger charge is 2.23. The van der Waals surface area contributed by atoms with Crippen LogP contribution < -0.4 is 20.9 Å². The van der Waals surface area contributed by atoms with Gasteiger partial charge in [0.2, 0.25) is 0 Å². The SMILES string of the molecule is Cc1nc(N2CC(C)NC(C)C2)ccc1C(=O)Nc1ccc(Cl)c(NC(=O)c2cccc(Cl)c2)c1. The number of amides is 2. The van der Waals surface area contributed by atoms with Crippen LogP contribution in [0.25, 0.3) is 0 Å². The van der Waals surface area contributed by atoms with Crippen molar-refractivity contribution in [2.75, 3.05) is 28.6 Å². The third-order valence-corrected chi connectivity index (χ3v) is 6.32. The molecular formula is C26H27Cl2N5O2. The molecule has 4 rings (SSSR count). The van der Waals surface area contributed by atoms with Crippen LogP contribution in [0, 0.1) is 6.92 Å². The van der Waals surface area contributed by atoms with Crippen LogP contribution in [0.15, 0.2) is 54.6 Å². The summed E-state index contributed by atoms with van der Waals surface area (Å²) in [5.74, 6) is 0.208. The van der Waals surface area contributed by atoms with Gasteiger partial charge >= 0.3 is 0 Å². The summed E-state index contributed by atoms with van der Waals surface area (Å²) in [6.07, 6.45) is 0. The van der Waals surface area contributed by atoms with Gasteiger partial charge in [0.15, 0.2) is 0 Å². The predicted octanol–water partition coefficient (Wildman–Crippen LogP) is 5.39. The second-order valence-electron chi connectivity index (χ2n) is 8.79. The van der Waals surface area contributed by atoms with E-state index in [-0.39, 0.29) is 11.8 Å². The van der Waals surface area contributed by atoms with Crippen LogP contribution in [0.5, 0.6) is 0 Å². The lowest BCUT2D eigenvalue weighted by Crippen LogP contribution is -2.54. The van der Waals surface area contributed by atoms with Crippen molar-refractivity contribution in [1.82, 2.24) is 10.3 Å². The molecule has 2 amide bonds. The maximum atomic E-state index is 13.0. The number of piperazine rings is 1. The van der Waals surface area contributed by atoms with Gasteiger partial charge < -0.3 is 20.9 Å². The molecule has 7 nitrogen and oxygen atoms in total. The number of pyridine rings is 1. The zero-order valence-electron chi connectivity index (χ0n) is 19.7. The minimum Gasteiger partial charge on any atom is -0.354 e. The lowest BCUT2D eigenvalue weighted by Gasteiger charge is -2.37. The third-order valence-electron chi connectivity index (χ3n) is 5.76. The van der Waals surface area contributed by atoms with Crippen LogP contribution in [-0.2, 0) is 0 Å². The van der Waals surface area contributed by atoms with Gasteiger partial charge in [0.05, 0.1) is 22.0 Å². The van der Waals surface area contributed by atoms with E-state index < -0.39 is 0 Å². The van der Waals surface area contributed by atoms with Crippen LogP contribution in [-0.4, -0.2) is 42.0 Å². The molecule has 0 radical (unpaired) electrons. The Morgan fingerprint density at radius 2 is 1.71 bits per heavy atom. The fourth-order valence-electron chi connectivity index (χ4n) is 4.20. The minimum atomic E-state index is -0.356. The first-order valence-electron chi connectivity index (χ1n) is 11.4. The largest absolute Gasteiger partial charge is 0.354 e. The molecule has 2 aromatic carbocycles. The molecule has 3 aromatic rings. The summed E-state index contributed by atoms with van der Waals surface area (Å²) in [5.41, 5.74) is 2.39.